The number of nitrogens with one attached hydrogen (secondary N) is 2. The summed E-state index contributed by atoms with van der Waals surface area (Å²) in [6, 6.07) is 19.3. The summed E-state index contributed by atoms with van der Waals surface area (Å²) in [4.78, 5) is 16.6. The molecule has 1 aromatic heterocycles. The number of pyridine rings is 1. The number of rotatable bonds is 7. The Morgan fingerprint density at radius 3 is 2.36 bits per heavy atom. The molecule has 28 heavy (non-hydrogen) atoms. The Hall–Kier alpha value is -3.34. The number of amides is 1. The Labute approximate surface area is 165 Å². The number of nitrogens with zero attached hydrogens (tertiary/aromatic N) is 1. The van der Waals surface area contributed by atoms with Crippen LogP contribution in [0.1, 0.15) is 25.0 Å². The lowest BCUT2D eigenvalue weighted by atomic mass is 10.1. The molecule has 2 aromatic carbocycles. The van der Waals surface area contributed by atoms with Crippen molar-refractivity contribution in [2.45, 2.75) is 33.3 Å². The van der Waals surface area contributed by atoms with E-state index in [0.29, 0.717) is 12.2 Å². The third-order valence-corrected chi connectivity index (χ3v) is 4.16. The van der Waals surface area contributed by atoms with Crippen LogP contribution in [0.4, 0.5) is 17.2 Å². The van der Waals surface area contributed by atoms with Crippen LogP contribution in [0.5, 0.6) is 5.75 Å². The predicted octanol–water partition coefficient (Wildman–Crippen LogP) is 5.10. The second-order valence-electron chi connectivity index (χ2n) is 6.90. The van der Waals surface area contributed by atoms with Crippen molar-refractivity contribution in [3.05, 3.63) is 78.0 Å². The Bertz CT molecular complexity index is 919. The van der Waals surface area contributed by atoms with Crippen LogP contribution in [0.2, 0.25) is 0 Å². The number of carbonyl (C=O) groups is 1. The van der Waals surface area contributed by atoms with Gasteiger partial charge in [-0.15, -0.1) is 0 Å². The number of aromatic nitrogens is 1. The summed E-state index contributed by atoms with van der Waals surface area (Å²) < 4.78 is 5.64. The van der Waals surface area contributed by atoms with Gasteiger partial charge in [-0.25, -0.2) is 4.98 Å². The van der Waals surface area contributed by atoms with Gasteiger partial charge < -0.3 is 15.4 Å². The molecule has 0 aliphatic heterocycles. The standard InChI is InChI=1S/C23H25N3O2/c1-16(2)28-21-11-8-19(9-12-21)25-20-10-13-22(24-15-20)26-23(27)14-18-7-5-4-6-17(18)3/h4-13,15-16,25H,14H2,1-3H3,(H,24,26,27). The van der Waals surface area contributed by atoms with Gasteiger partial charge in [-0.1, -0.05) is 24.3 Å². The largest absolute Gasteiger partial charge is 0.491 e. The second-order valence-corrected chi connectivity index (χ2v) is 6.90. The van der Waals surface area contributed by atoms with Crippen LogP contribution in [-0.2, 0) is 11.2 Å². The third-order valence-electron chi connectivity index (χ3n) is 4.16. The van der Waals surface area contributed by atoms with E-state index in [0.717, 1.165) is 28.3 Å². The summed E-state index contributed by atoms with van der Waals surface area (Å²) in [7, 11) is 0. The normalized spacial score (nSPS) is 10.6. The molecule has 0 aliphatic carbocycles. The molecular formula is C23H25N3O2. The third kappa shape index (κ3) is 5.58. The highest BCUT2D eigenvalue weighted by molar-refractivity contribution is 5.91. The lowest BCUT2D eigenvalue weighted by Gasteiger charge is -2.11. The highest BCUT2D eigenvalue weighted by atomic mass is 16.5. The monoisotopic (exact) mass is 375 g/mol. The molecule has 0 fully saturated rings. The van der Waals surface area contributed by atoms with Crippen molar-refractivity contribution in [1.29, 1.82) is 0 Å². The van der Waals surface area contributed by atoms with Gasteiger partial charge in [0.15, 0.2) is 0 Å². The van der Waals surface area contributed by atoms with Gasteiger partial charge in [0, 0.05) is 5.69 Å². The Balaban J connectivity index is 1.56. The lowest BCUT2D eigenvalue weighted by molar-refractivity contribution is -0.115. The van der Waals surface area contributed by atoms with Gasteiger partial charge in [-0.3, -0.25) is 4.79 Å². The average Bonchev–Trinajstić information content (AvgIpc) is 2.66. The molecule has 144 valence electrons. The summed E-state index contributed by atoms with van der Waals surface area (Å²) in [5, 5.41) is 6.12. The van der Waals surface area contributed by atoms with Crippen LogP contribution in [0, 0.1) is 6.92 Å². The molecule has 2 N–H and O–H groups in total. The number of benzene rings is 2. The SMILES string of the molecule is Cc1ccccc1CC(=O)Nc1ccc(Nc2ccc(OC(C)C)cc2)cn1. The zero-order valence-electron chi connectivity index (χ0n) is 16.4. The van der Waals surface area contributed by atoms with Crippen LogP contribution < -0.4 is 15.4 Å². The minimum Gasteiger partial charge on any atom is -0.491 e. The predicted molar refractivity (Wildman–Crippen MR) is 113 cm³/mol. The zero-order valence-corrected chi connectivity index (χ0v) is 16.4. The maximum Gasteiger partial charge on any atom is 0.229 e. The summed E-state index contributed by atoms with van der Waals surface area (Å²) in [6.07, 6.45) is 2.18. The molecule has 0 bridgehead atoms. The maximum atomic E-state index is 12.2. The maximum absolute atomic E-state index is 12.2. The van der Waals surface area contributed by atoms with Crippen LogP contribution >= 0.6 is 0 Å². The van der Waals surface area contributed by atoms with E-state index in [-0.39, 0.29) is 12.0 Å². The fourth-order valence-electron chi connectivity index (χ4n) is 2.77. The molecule has 0 saturated carbocycles. The molecule has 0 unspecified atom stereocenters. The lowest BCUT2D eigenvalue weighted by Crippen LogP contribution is -2.15. The quantitative estimate of drug-likeness (QED) is 0.603. The van der Waals surface area contributed by atoms with E-state index in [1.165, 1.54) is 0 Å². The minimum absolute atomic E-state index is 0.0803. The molecule has 0 saturated heterocycles. The first kappa shape index (κ1) is 19.4. The van der Waals surface area contributed by atoms with Gasteiger partial charge in [-0.2, -0.15) is 0 Å². The van der Waals surface area contributed by atoms with Crippen molar-refractivity contribution in [2.75, 3.05) is 10.6 Å². The van der Waals surface area contributed by atoms with Crippen molar-refractivity contribution >= 4 is 23.1 Å². The van der Waals surface area contributed by atoms with E-state index in [1.54, 1.807) is 12.3 Å². The number of hydrogen-bond donors (Lipinski definition) is 2. The van der Waals surface area contributed by atoms with Crippen molar-refractivity contribution in [2.24, 2.45) is 0 Å². The molecule has 3 aromatic rings. The molecule has 0 atom stereocenters. The summed E-state index contributed by atoms with van der Waals surface area (Å²) in [5.74, 6) is 1.29. The summed E-state index contributed by atoms with van der Waals surface area (Å²) >= 11 is 0. The van der Waals surface area contributed by atoms with Gasteiger partial charge in [0.05, 0.1) is 24.4 Å². The van der Waals surface area contributed by atoms with E-state index in [9.17, 15) is 4.79 Å². The van der Waals surface area contributed by atoms with E-state index in [1.807, 2.05) is 75.4 Å². The summed E-state index contributed by atoms with van der Waals surface area (Å²) in [6.45, 7) is 6.00. The van der Waals surface area contributed by atoms with Crippen LogP contribution in [0.15, 0.2) is 66.9 Å². The average molecular weight is 375 g/mol. The first-order valence-electron chi connectivity index (χ1n) is 9.34. The number of aryl methyl sites for hydroxylation is 1. The number of anilines is 3. The Kier molecular flexibility index (Phi) is 6.27. The van der Waals surface area contributed by atoms with Gasteiger partial charge in [0.1, 0.15) is 11.6 Å². The molecule has 5 nitrogen and oxygen atoms in total. The highest BCUT2D eigenvalue weighted by Crippen LogP contribution is 2.21. The minimum atomic E-state index is -0.0803. The molecule has 0 radical (unpaired) electrons. The molecule has 0 aliphatic rings. The highest BCUT2D eigenvalue weighted by Gasteiger charge is 2.07. The molecular weight excluding hydrogens is 350 g/mol. The van der Waals surface area contributed by atoms with E-state index < -0.39 is 0 Å². The second kappa shape index (κ2) is 9.04. The smallest absolute Gasteiger partial charge is 0.229 e. The number of hydrogen-bond acceptors (Lipinski definition) is 4. The fraction of sp³-hybridized carbons (Fsp3) is 0.217. The van der Waals surface area contributed by atoms with Gasteiger partial charge in [0.25, 0.3) is 0 Å². The van der Waals surface area contributed by atoms with Crippen LogP contribution in [0.3, 0.4) is 0 Å². The molecule has 0 spiro atoms. The number of ether oxygens (including phenoxy) is 1. The molecule has 1 heterocycles. The summed E-state index contributed by atoms with van der Waals surface area (Å²) in [5.41, 5.74) is 3.90. The first-order chi connectivity index (χ1) is 13.5. The van der Waals surface area contributed by atoms with Crippen LogP contribution in [-0.4, -0.2) is 17.0 Å². The number of carbonyl (C=O) groups excluding carboxylic acids is 1. The fourth-order valence-corrected chi connectivity index (χ4v) is 2.77. The van der Waals surface area contributed by atoms with E-state index >= 15 is 0 Å². The van der Waals surface area contributed by atoms with Gasteiger partial charge in [-0.05, 0) is 68.3 Å². The molecule has 3 rings (SSSR count). The Morgan fingerprint density at radius 1 is 1.00 bits per heavy atom. The van der Waals surface area contributed by atoms with Crippen molar-refractivity contribution in [3.8, 4) is 5.75 Å². The van der Waals surface area contributed by atoms with E-state index in [2.05, 4.69) is 15.6 Å². The van der Waals surface area contributed by atoms with Crippen molar-refractivity contribution in [1.82, 2.24) is 4.98 Å². The van der Waals surface area contributed by atoms with Crippen molar-refractivity contribution < 1.29 is 9.53 Å². The zero-order chi connectivity index (χ0) is 19.9. The van der Waals surface area contributed by atoms with E-state index in [4.69, 9.17) is 4.74 Å². The van der Waals surface area contributed by atoms with Gasteiger partial charge >= 0.3 is 0 Å². The van der Waals surface area contributed by atoms with Gasteiger partial charge in [0.2, 0.25) is 5.91 Å². The van der Waals surface area contributed by atoms with Crippen molar-refractivity contribution in [3.63, 3.8) is 0 Å². The Morgan fingerprint density at radius 2 is 1.71 bits per heavy atom. The molecule has 5 heteroatoms. The first-order valence-corrected chi connectivity index (χ1v) is 9.34. The van der Waals surface area contributed by atoms with Crippen LogP contribution in [0.25, 0.3) is 0 Å². The molecule has 1 amide bonds. The topological polar surface area (TPSA) is 63.2 Å².